The first-order valence-electron chi connectivity index (χ1n) is 7.54. The van der Waals surface area contributed by atoms with Gasteiger partial charge >= 0.3 is 0 Å². The largest absolute Gasteiger partial charge is 0.0614 e. The normalized spacial score (nSPS) is 11.9. The molecule has 0 heteroatoms. The fraction of sp³-hybridized carbons (Fsp3) is 0.400. The van der Waals surface area contributed by atoms with Crippen LogP contribution in [0.15, 0.2) is 48.5 Å². The molecule has 0 heterocycles. The Bertz CT molecular complexity index is 553. The molecule has 106 valence electrons. The van der Waals surface area contributed by atoms with Gasteiger partial charge in [0.25, 0.3) is 0 Å². The summed E-state index contributed by atoms with van der Waals surface area (Å²) in [5, 5.41) is 0. The molecule has 0 aliphatic heterocycles. The summed E-state index contributed by atoms with van der Waals surface area (Å²) in [7, 11) is 0. The Kier molecular flexibility index (Phi) is 4.32. The molecule has 0 amide bonds. The Morgan fingerprint density at radius 3 is 2.05 bits per heavy atom. The van der Waals surface area contributed by atoms with Crippen LogP contribution in [0.2, 0.25) is 0 Å². The summed E-state index contributed by atoms with van der Waals surface area (Å²) in [6.07, 6.45) is 1.12. The van der Waals surface area contributed by atoms with Crippen LogP contribution in [0.4, 0.5) is 0 Å². The number of hydrogen-bond donors (Lipinski definition) is 0. The van der Waals surface area contributed by atoms with Gasteiger partial charge in [0.15, 0.2) is 0 Å². The van der Waals surface area contributed by atoms with Gasteiger partial charge in [-0.15, -0.1) is 0 Å². The third kappa shape index (κ3) is 3.96. The van der Waals surface area contributed by atoms with Gasteiger partial charge in [0.1, 0.15) is 0 Å². The highest BCUT2D eigenvalue weighted by atomic mass is 14.2. The first-order valence-corrected chi connectivity index (χ1v) is 7.54. The van der Waals surface area contributed by atoms with E-state index < -0.39 is 0 Å². The summed E-state index contributed by atoms with van der Waals surface area (Å²) in [6, 6.07) is 17.9. The van der Waals surface area contributed by atoms with Crippen LogP contribution in [0.5, 0.6) is 0 Å². The second-order valence-corrected chi connectivity index (χ2v) is 7.21. The quantitative estimate of drug-likeness (QED) is 0.633. The molecule has 0 saturated heterocycles. The average Bonchev–Trinajstić information content (AvgIpc) is 2.38. The minimum absolute atomic E-state index is 0.346. The zero-order valence-corrected chi connectivity index (χ0v) is 13.4. The van der Waals surface area contributed by atoms with Crippen LogP contribution in [0.25, 0.3) is 11.1 Å². The minimum atomic E-state index is 0.346. The Labute approximate surface area is 123 Å². The van der Waals surface area contributed by atoms with Gasteiger partial charge in [-0.25, -0.2) is 0 Å². The molecule has 0 unspecified atom stereocenters. The number of hydrogen-bond acceptors (Lipinski definition) is 0. The van der Waals surface area contributed by atoms with Crippen LogP contribution in [0.1, 0.15) is 51.7 Å². The van der Waals surface area contributed by atoms with E-state index in [1.54, 1.807) is 0 Å². The van der Waals surface area contributed by atoms with Crippen LogP contribution in [-0.4, -0.2) is 0 Å². The predicted octanol–water partition coefficient (Wildman–Crippen LogP) is 6.07. The first kappa shape index (κ1) is 14.8. The van der Waals surface area contributed by atoms with Gasteiger partial charge < -0.3 is 0 Å². The van der Waals surface area contributed by atoms with Crippen LogP contribution in [0, 0.1) is 5.41 Å². The van der Waals surface area contributed by atoms with Gasteiger partial charge in [-0.2, -0.15) is 0 Å². The topological polar surface area (TPSA) is 0 Å². The highest BCUT2D eigenvalue weighted by Crippen LogP contribution is 2.26. The second-order valence-electron chi connectivity index (χ2n) is 7.21. The van der Waals surface area contributed by atoms with Crippen molar-refractivity contribution < 1.29 is 0 Å². The molecule has 0 spiro atoms. The average molecular weight is 266 g/mol. The monoisotopic (exact) mass is 266 g/mol. The zero-order valence-electron chi connectivity index (χ0n) is 13.4. The molecule has 0 nitrogen and oxygen atoms in total. The molecule has 0 aliphatic carbocycles. The van der Waals surface area contributed by atoms with Gasteiger partial charge in [0.2, 0.25) is 0 Å². The molecule has 20 heavy (non-hydrogen) atoms. The molecule has 0 N–H and O–H groups in total. The standard InChI is InChI=1S/C20H26/c1-15(2)18-7-6-8-19(13-18)17-11-9-16(10-12-17)14-20(3,4)5/h6-13,15H,14H2,1-5H3. The molecule has 0 aliphatic rings. The Balaban J connectivity index is 2.24. The maximum atomic E-state index is 2.31. The third-order valence-electron chi connectivity index (χ3n) is 3.58. The summed E-state index contributed by atoms with van der Waals surface area (Å²) >= 11 is 0. The summed E-state index contributed by atoms with van der Waals surface area (Å²) in [5.74, 6) is 0.579. The van der Waals surface area contributed by atoms with E-state index in [9.17, 15) is 0 Å². The predicted molar refractivity (Wildman–Crippen MR) is 89.1 cm³/mol. The van der Waals surface area contributed by atoms with Crippen LogP contribution in [0.3, 0.4) is 0 Å². The molecule has 0 atom stereocenters. The van der Waals surface area contributed by atoms with Crippen molar-refractivity contribution >= 4 is 0 Å². The molecular formula is C20H26. The van der Waals surface area contributed by atoms with Gasteiger partial charge in [-0.05, 0) is 40.0 Å². The van der Waals surface area contributed by atoms with Crippen LogP contribution in [-0.2, 0) is 6.42 Å². The smallest absolute Gasteiger partial charge is 0.0181 e. The zero-order chi connectivity index (χ0) is 14.8. The van der Waals surface area contributed by atoms with Crippen molar-refractivity contribution in [2.45, 2.75) is 47.0 Å². The number of benzene rings is 2. The van der Waals surface area contributed by atoms with Crippen molar-refractivity contribution in [1.82, 2.24) is 0 Å². The highest BCUT2D eigenvalue weighted by molar-refractivity contribution is 5.64. The SMILES string of the molecule is CC(C)c1cccc(-c2ccc(CC(C)(C)C)cc2)c1. The van der Waals surface area contributed by atoms with E-state index >= 15 is 0 Å². The van der Waals surface area contributed by atoms with Crippen LogP contribution >= 0.6 is 0 Å². The lowest BCUT2D eigenvalue weighted by Gasteiger charge is -2.18. The summed E-state index contributed by atoms with van der Waals surface area (Å²) in [5.41, 5.74) is 5.80. The van der Waals surface area contributed by atoms with E-state index in [2.05, 4.69) is 83.1 Å². The van der Waals surface area contributed by atoms with Crippen molar-refractivity contribution in [3.63, 3.8) is 0 Å². The first-order chi connectivity index (χ1) is 9.35. The summed E-state index contributed by atoms with van der Waals surface area (Å²) in [4.78, 5) is 0. The lowest BCUT2D eigenvalue weighted by Crippen LogP contribution is -2.08. The fourth-order valence-corrected chi connectivity index (χ4v) is 2.50. The third-order valence-corrected chi connectivity index (χ3v) is 3.58. The van der Waals surface area contributed by atoms with Gasteiger partial charge in [-0.3, -0.25) is 0 Å². The number of rotatable bonds is 3. The second kappa shape index (κ2) is 5.83. The lowest BCUT2D eigenvalue weighted by molar-refractivity contribution is 0.411. The van der Waals surface area contributed by atoms with Gasteiger partial charge in [0, 0.05) is 0 Å². The lowest BCUT2D eigenvalue weighted by atomic mass is 9.87. The van der Waals surface area contributed by atoms with Crippen molar-refractivity contribution in [1.29, 1.82) is 0 Å². The van der Waals surface area contributed by atoms with Crippen molar-refractivity contribution in [3.05, 3.63) is 59.7 Å². The molecule has 0 bridgehead atoms. The molecule has 2 rings (SSSR count). The molecular weight excluding hydrogens is 240 g/mol. The molecule has 0 fully saturated rings. The van der Waals surface area contributed by atoms with E-state index in [-0.39, 0.29) is 0 Å². The van der Waals surface area contributed by atoms with E-state index in [0.717, 1.165) is 6.42 Å². The summed E-state index contributed by atoms with van der Waals surface area (Å²) < 4.78 is 0. The van der Waals surface area contributed by atoms with E-state index in [1.165, 1.54) is 22.3 Å². The van der Waals surface area contributed by atoms with Gasteiger partial charge in [-0.1, -0.05) is 83.1 Å². The molecule has 0 radical (unpaired) electrons. The van der Waals surface area contributed by atoms with E-state index in [1.807, 2.05) is 0 Å². The van der Waals surface area contributed by atoms with E-state index in [4.69, 9.17) is 0 Å². The molecule has 2 aromatic rings. The summed E-state index contributed by atoms with van der Waals surface area (Å²) in [6.45, 7) is 11.3. The Morgan fingerprint density at radius 1 is 0.850 bits per heavy atom. The van der Waals surface area contributed by atoms with Crippen LogP contribution < -0.4 is 0 Å². The fourth-order valence-electron chi connectivity index (χ4n) is 2.50. The maximum Gasteiger partial charge on any atom is -0.0181 e. The van der Waals surface area contributed by atoms with Gasteiger partial charge in [0.05, 0.1) is 0 Å². The Hall–Kier alpha value is -1.56. The minimum Gasteiger partial charge on any atom is -0.0614 e. The molecule has 0 aromatic heterocycles. The molecule has 0 saturated carbocycles. The van der Waals surface area contributed by atoms with Crippen molar-refractivity contribution in [3.8, 4) is 11.1 Å². The Morgan fingerprint density at radius 2 is 1.50 bits per heavy atom. The van der Waals surface area contributed by atoms with E-state index in [0.29, 0.717) is 11.3 Å². The highest BCUT2D eigenvalue weighted by Gasteiger charge is 2.11. The maximum absolute atomic E-state index is 2.31. The molecule has 2 aromatic carbocycles. The van der Waals surface area contributed by atoms with Crippen molar-refractivity contribution in [2.24, 2.45) is 5.41 Å². The van der Waals surface area contributed by atoms with Crippen molar-refractivity contribution in [2.75, 3.05) is 0 Å².